The van der Waals surface area contributed by atoms with E-state index in [2.05, 4.69) is 15.5 Å². The molecule has 0 bridgehead atoms. The molecule has 2 aromatic carbocycles. The Balaban J connectivity index is 1.55. The van der Waals surface area contributed by atoms with Crippen LogP contribution in [0.4, 0.5) is 5.69 Å². The van der Waals surface area contributed by atoms with Gasteiger partial charge in [0.25, 0.3) is 0 Å². The highest BCUT2D eigenvalue weighted by Crippen LogP contribution is 2.31. The zero-order valence-corrected chi connectivity index (χ0v) is 18.9. The van der Waals surface area contributed by atoms with Crippen LogP contribution in [0, 0.1) is 0 Å². The first-order chi connectivity index (χ1) is 14.4. The molecule has 1 saturated heterocycles. The molecule has 158 valence electrons. The summed E-state index contributed by atoms with van der Waals surface area (Å²) in [5.41, 5.74) is 5.11. The van der Waals surface area contributed by atoms with Crippen LogP contribution in [0.15, 0.2) is 57.5 Å². The topological polar surface area (TPSA) is 83.4 Å². The third-order valence-corrected chi connectivity index (χ3v) is 7.90. The van der Waals surface area contributed by atoms with Gasteiger partial charge in [-0.15, -0.1) is 0 Å². The molecule has 11 heteroatoms. The third kappa shape index (κ3) is 4.82. The van der Waals surface area contributed by atoms with Crippen LogP contribution in [0.3, 0.4) is 0 Å². The van der Waals surface area contributed by atoms with Gasteiger partial charge in [0.15, 0.2) is 5.17 Å². The Morgan fingerprint density at radius 1 is 1.10 bits per heavy atom. The van der Waals surface area contributed by atoms with E-state index >= 15 is 0 Å². The Bertz CT molecular complexity index is 1100. The van der Waals surface area contributed by atoms with Crippen molar-refractivity contribution in [2.24, 2.45) is 10.1 Å². The zero-order valence-electron chi connectivity index (χ0n) is 15.7. The molecule has 0 aromatic heterocycles. The van der Waals surface area contributed by atoms with Crippen molar-refractivity contribution >= 4 is 61.6 Å². The van der Waals surface area contributed by atoms with Gasteiger partial charge in [0.05, 0.1) is 34.5 Å². The minimum atomic E-state index is -3.63. The van der Waals surface area contributed by atoms with Gasteiger partial charge in [0.1, 0.15) is 0 Å². The number of nitrogens with one attached hydrogen (secondary N) is 1. The Morgan fingerprint density at radius 3 is 2.50 bits per heavy atom. The third-order valence-electron chi connectivity index (χ3n) is 4.56. The van der Waals surface area contributed by atoms with Crippen LogP contribution in [0.1, 0.15) is 5.56 Å². The molecule has 2 aromatic rings. The molecule has 0 atom stereocenters. The second-order valence-electron chi connectivity index (χ2n) is 6.51. The molecule has 2 aliphatic heterocycles. The SMILES string of the molecule is O=S(=O)(c1ccc(Cl)c(N=C2NN=C(c3ccc(Cl)cc3)CS2)c1)N1CCOCC1. The number of halogens is 2. The van der Waals surface area contributed by atoms with Crippen molar-refractivity contribution in [3.8, 4) is 0 Å². The first-order valence-electron chi connectivity index (χ1n) is 9.11. The molecule has 2 heterocycles. The normalized spacial score (nSPS) is 19.4. The molecule has 0 saturated carbocycles. The molecule has 0 spiro atoms. The summed E-state index contributed by atoms with van der Waals surface area (Å²) in [6, 6.07) is 12.0. The van der Waals surface area contributed by atoms with Crippen molar-refractivity contribution in [2.45, 2.75) is 4.90 Å². The molecule has 0 amide bonds. The molecule has 0 unspecified atom stereocenters. The van der Waals surface area contributed by atoms with Gasteiger partial charge in [-0.25, -0.2) is 13.4 Å². The van der Waals surface area contributed by atoms with Crippen LogP contribution in [0.2, 0.25) is 10.0 Å². The van der Waals surface area contributed by atoms with Crippen molar-refractivity contribution in [3.63, 3.8) is 0 Å². The molecule has 7 nitrogen and oxygen atoms in total. The number of hydrogen-bond acceptors (Lipinski definition) is 6. The van der Waals surface area contributed by atoms with E-state index in [0.29, 0.717) is 53.0 Å². The van der Waals surface area contributed by atoms with Crippen molar-refractivity contribution in [1.29, 1.82) is 0 Å². The maximum absolute atomic E-state index is 12.9. The van der Waals surface area contributed by atoms with Crippen LogP contribution in [0.5, 0.6) is 0 Å². The summed E-state index contributed by atoms with van der Waals surface area (Å²) in [5.74, 6) is 0.608. The second-order valence-corrected chi connectivity index (χ2v) is 10.3. The van der Waals surface area contributed by atoms with Crippen LogP contribution in [-0.4, -0.2) is 55.7 Å². The van der Waals surface area contributed by atoms with E-state index in [-0.39, 0.29) is 4.90 Å². The lowest BCUT2D eigenvalue weighted by Gasteiger charge is -2.26. The van der Waals surface area contributed by atoms with Gasteiger partial charge in [-0.3, -0.25) is 5.43 Å². The van der Waals surface area contributed by atoms with Gasteiger partial charge >= 0.3 is 0 Å². The van der Waals surface area contributed by atoms with Gasteiger partial charge in [0.2, 0.25) is 10.0 Å². The molecule has 30 heavy (non-hydrogen) atoms. The zero-order chi connectivity index (χ0) is 21.1. The van der Waals surface area contributed by atoms with Crippen LogP contribution in [-0.2, 0) is 14.8 Å². The molecule has 2 aliphatic rings. The van der Waals surface area contributed by atoms with E-state index in [1.54, 1.807) is 6.07 Å². The lowest BCUT2D eigenvalue weighted by Crippen LogP contribution is -2.40. The number of hydrazone groups is 1. The highest BCUT2D eigenvalue weighted by atomic mass is 35.5. The van der Waals surface area contributed by atoms with E-state index in [4.69, 9.17) is 27.9 Å². The molecular formula is C19H18Cl2N4O3S2. The predicted octanol–water partition coefficient (Wildman–Crippen LogP) is 3.74. The molecule has 4 rings (SSSR count). The molecule has 1 N–H and O–H groups in total. The number of aliphatic imine (C=N–C) groups is 1. The van der Waals surface area contributed by atoms with Crippen LogP contribution >= 0.6 is 35.0 Å². The number of thioether (sulfide) groups is 1. The number of amidine groups is 1. The minimum absolute atomic E-state index is 0.152. The Kier molecular flexibility index (Phi) is 6.66. The number of morpholine rings is 1. The summed E-state index contributed by atoms with van der Waals surface area (Å²) in [6.07, 6.45) is 0. The number of benzene rings is 2. The highest BCUT2D eigenvalue weighted by Gasteiger charge is 2.27. The van der Waals surface area contributed by atoms with Gasteiger partial charge in [-0.2, -0.15) is 9.41 Å². The van der Waals surface area contributed by atoms with Gasteiger partial charge in [-0.1, -0.05) is 47.1 Å². The molecule has 0 aliphatic carbocycles. The molecule has 1 fully saturated rings. The first kappa shape index (κ1) is 21.6. The Hall–Kier alpha value is -1.62. The highest BCUT2D eigenvalue weighted by molar-refractivity contribution is 8.14. The quantitative estimate of drug-likeness (QED) is 0.714. The molecule has 0 radical (unpaired) electrons. The fraction of sp³-hybridized carbons (Fsp3) is 0.263. The van der Waals surface area contributed by atoms with E-state index in [1.807, 2.05) is 24.3 Å². The van der Waals surface area contributed by atoms with Crippen molar-refractivity contribution < 1.29 is 13.2 Å². The first-order valence-corrected chi connectivity index (χ1v) is 12.3. The number of hydrogen-bond donors (Lipinski definition) is 1. The van der Waals surface area contributed by atoms with Crippen LogP contribution in [0.25, 0.3) is 0 Å². The molecular weight excluding hydrogens is 467 g/mol. The summed E-state index contributed by atoms with van der Waals surface area (Å²) in [5, 5.41) is 5.93. The van der Waals surface area contributed by atoms with Gasteiger partial charge < -0.3 is 4.74 Å². The summed E-state index contributed by atoms with van der Waals surface area (Å²) in [6.45, 7) is 1.43. The van der Waals surface area contributed by atoms with Crippen molar-refractivity contribution in [3.05, 3.63) is 58.1 Å². The summed E-state index contributed by atoms with van der Waals surface area (Å²) in [7, 11) is -3.63. The Labute approximate surface area is 189 Å². The fourth-order valence-corrected chi connectivity index (χ4v) is 5.44. The predicted molar refractivity (Wildman–Crippen MR) is 122 cm³/mol. The number of sulfonamides is 1. The summed E-state index contributed by atoms with van der Waals surface area (Å²) >= 11 is 13.7. The maximum atomic E-state index is 12.9. The van der Waals surface area contributed by atoms with E-state index in [1.165, 1.54) is 28.2 Å². The average Bonchev–Trinajstić information content (AvgIpc) is 2.77. The smallest absolute Gasteiger partial charge is 0.243 e. The van der Waals surface area contributed by atoms with Crippen LogP contribution < -0.4 is 5.43 Å². The van der Waals surface area contributed by atoms with E-state index < -0.39 is 10.0 Å². The van der Waals surface area contributed by atoms with E-state index in [9.17, 15) is 8.42 Å². The standard InChI is InChI=1S/C19H18Cl2N4O3S2/c20-14-3-1-13(2-4-14)18-12-29-19(24-23-18)22-17-11-15(5-6-16(17)21)30(26,27)25-7-9-28-10-8-25/h1-6,11H,7-10,12H2,(H,22,24). The minimum Gasteiger partial charge on any atom is -0.379 e. The van der Waals surface area contributed by atoms with Crippen molar-refractivity contribution in [2.75, 3.05) is 32.1 Å². The maximum Gasteiger partial charge on any atom is 0.243 e. The second kappa shape index (κ2) is 9.25. The van der Waals surface area contributed by atoms with Crippen molar-refractivity contribution in [1.82, 2.24) is 9.73 Å². The fourth-order valence-electron chi connectivity index (χ4n) is 2.95. The summed E-state index contributed by atoms with van der Waals surface area (Å²) in [4.78, 5) is 4.63. The number of rotatable bonds is 4. The lowest BCUT2D eigenvalue weighted by molar-refractivity contribution is 0.0730. The summed E-state index contributed by atoms with van der Waals surface area (Å²) < 4.78 is 32.4. The average molecular weight is 485 g/mol. The van der Waals surface area contributed by atoms with Gasteiger partial charge in [-0.05, 0) is 35.9 Å². The Morgan fingerprint density at radius 2 is 1.83 bits per heavy atom. The monoisotopic (exact) mass is 484 g/mol. The van der Waals surface area contributed by atoms with Gasteiger partial charge in [0, 0.05) is 23.9 Å². The number of ether oxygens (including phenoxy) is 1. The number of nitrogens with zero attached hydrogens (tertiary/aromatic N) is 3. The van der Waals surface area contributed by atoms with E-state index in [0.717, 1.165) is 11.3 Å². The largest absolute Gasteiger partial charge is 0.379 e. The lowest BCUT2D eigenvalue weighted by atomic mass is 10.1.